The molecule has 0 aromatic rings. The number of ether oxygens (including phenoxy) is 6. The van der Waals surface area contributed by atoms with Crippen molar-refractivity contribution in [1.29, 1.82) is 0 Å². The fourth-order valence-corrected chi connectivity index (χ4v) is 7.30. The molecule has 2 bridgehead atoms. The number of aliphatic hydroxyl groups excluding tert-OH is 2. The van der Waals surface area contributed by atoms with Gasteiger partial charge < -0.3 is 48.9 Å². The molecule has 0 amide bonds. The van der Waals surface area contributed by atoms with Crippen molar-refractivity contribution in [3.63, 3.8) is 0 Å². The summed E-state index contributed by atoms with van der Waals surface area (Å²) in [5.41, 5.74) is 1.64. The van der Waals surface area contributed by atoms with Crippen molar-refractivity contribution in [2.75, 3.05) is 34.0 Å². The molecule has 0 aromatic heterocycles. The number of nitrogens with one attached hydrogen (secondary N) is 1. The van der Waals surface area contributed by atoms with E-state index >= 15 is 0 Å². The van der Waals surface area contributed by atoms with Gasteiger partial charge in [0.15, 0.2) is 12.4 Å². The van der Waals surface area contributed by atoms with Gasteiger partial charge >= 0.3 is 11.9 Å². The molecule has 47 heavy (non-hydrogen) atoms. The maximum atomic E-state index is 13.3. The zero-order valence-electron chi connectivity index (χ0n) is 28.4. The minimum absolute atomic E-state index is 0.0228. The van der Waals surface area contributed by atoms with E-state index in [1.165, 1.54) is 18.6 Å². The lowest BCUT2D eigenvalue weighted by Gasteiger charge is -2.41. The zero-order chi connectivity index (χ0) is 34.1. The van der Waals surface area contributed by atoms with Gasteiger partial charge in [0.1, 0.15) is 23.9 Å². The van der Waals surface area contributed by atoms with Crippen molar-refractivity contribution < 1.29 is 48.2 Å². The van der Waals surface area contributed by atoms with Crippen molar-refractivity contribution >= 4 is 11.9 Å². The van der Waals surface area contributed by atoms with E-state index < -0.39 is 54.0 Å². The molecule has 4 heterocycles. The minimum atomic E-state index is -1.39. The van der Waals surface area contributed by atoms with Crippen LogP contribution in [0.5, 0.6) is 0 Å². The van der Waals surface area contributed by atoms with Gasteiger partial charge in [0.25, 0.3) is 0 Å². The Balaban J connectivity index is 1.48. The molecule has 5 rings (SSSR count). The Bertz CT molecular complexity index is 1340. The summed E-state index contributed by atoms with van der Waals surface area (Å²) in [4.78, 5) is 27.1. The Kier molecular flexibility index (Phi) is 10.7. The molecule has 0 unspecified atom stereocenters. The number of rotatable bonds is 9. The van der Waals surface area contributed by atoms with E-state index in [1.807, 2.05) is 37.2 Å². The maximum absolute atomic E-state index is 13.3. The van der Waals surface area contributed by atoms with E-state index in [-0.39, 0.29) is 31.0 Å². The Morgan fingerprint density at radius 2 is 2.00 bits per heavy atom. The van der Waals surface area contributed by atoms with Gasteiger partial charge in [-0.3, -0.25) is 4.79 Å². The van der Waals surface area contributed by atoms with Crippen LogP contribution >= 0.6 is 0 Å². The third kappa shape index (κ3) is 7.53. The summed E-state index contributed by atoms with van der Waals surface area (Å²) < 4.78 is 36.4. The molecule has 1 aliphatic carbocycles. The van der Waals surface area contributed by atoms with Crippen LogP contribution in [0, 0.1) is 23.7 Å². The fourth-order valence-electron chi connectivity index (χ4n) is 7.30. The topological polar surface area (TPSA) is 145 Å². The average Bonchev–Trinajstić information content (AvgIpc) is 3.61. The summed E-state index contributed by atoms with van der Waals surface area (Å²) in [6, 6.07) is 0. The lowest BCUT2D eigenvalue weighted by molar-refractivity contribution is -0.277. The van der Waals surface area contributed by atoms with Crippen molar-refractivity contribution in [2.24, 2.45) is 23.7 Å². The number of allylic oxidation sites excluding steroid dienone is 4. The van der Waals surface area contributed by atoms with Gasteiger partial charge in [-0.25, -0.2) is 4.79 Å². The first-order valence-corrected chi connectivity index (χ1v) is 16.4. The molecule has 260 valence electrons. The SMILES string of the molecule is CO[C@]12C=C[C@](C)(O1)[C@@H](OC(=O)/C=C\C1=CN(C)CN1)C[C@H]1C(C)=CC[C@H](C(C)C)[C@H]1/C=C\2CO[C@@H]1OC[C@@H](O)[C@@H](O)[C@@H]1OC(C)=O. The number of methoxy groups -OCH3 is 1. The smallest absolute Gasteiger partial charge is 0.331 e. The third-order valence-corrected chi connectivity index (χ3v) is 10.1. The van der Waals surface area contributed by atoms with Crippen LogP contribution < -0.4 is 5.32 Å². The van der Waals surface area contributed by atoms with Crippen molar-refractivity contribution in [1.82, 2.24) is 10.2 Å². The molecule has 5 aliphatic rings. The molecular weight excluding hydrogens is 608 g/mol. The van der Waals surface area contributed by atoms with E-state index in [9.17, 15) is 19.8 Å². The fraction of sp³-hybridized carbons (Fsp3) is 0.657. The van der Waals surface area contributed by atoms with Crippen LogP contribution in [0.4, 0.5) is 0 Å². The largest absolute Gasteiger partial charge is 0.456 e. The van der Waals surface area contributed by atoms with Crippen LogP contribution in [0.25, 0.3) is 0 Å². The average molecular weight is 659 g/mol. The normalized spacial score (nSPS) is 39.6. The number of carbonyl (C=O) groups is 2. The van der Waals surface area contributed by atoms with Gasteiger partial charge in [-0.05, 0) is 68.6 Å². The van der Waals surface area contributed by atoms with E-state index in [2.05, 4.69) is 38.2 Å². The Morgan fingerprint density at radius 1 is 1.23 bits per heavy atom. The van der Waals surface area contributed by atoms with Gasteiger partial charge in [-0.1, -0.05) is 31.6 Å². The number of hydrogen-bond donors (Lipinski definition) is 3. The summed E-state index contributed by atoms with van der Waals surface area (Å²) in [6.07, 6.45) is 8.96. The highest BCUT2D eigenvalue weighted by Gasteiger charge is 2.54. The van der Waals surface area contributed by atoms with Crippen LogP contribution in [0.15, 0.2) is 59.5 Å². The second kappa shape index (κ2) is 14.2. The summed E-state index contributed by atoms with van der Waals surface area (Å²) in [5.74, 6) is -1.82. The highest BCUT2D eigenvalue weighted by molar-refractivity contribution is 5.82. The first kappa shape index (κ1) is 35.3. The van der Waals surface area contributed by atoms with Crippen molar-refractivity contribution in [3.8, 4) is 0 Å². The molecule has 1 fully saturated rings. The number of carbonyl (C=O) groups excluding carboxylic acids is 2. The van der Waals surface area contributed by atoms with Crippen LogP contribution in [0.1, 0.15) is 47.5 Å². The predicted molar refractivity (Wildman–Crippen MR) is 171 cm³/mol. The van der Waals surface area contributed by atoms with E-state index in [1.54, 1.807) is 13.2 Å². The summed E-state index contributed by atoms with van der Waals surface area (Å²) in [5, 5.41) is 24.0. The lowest BCUT2D eigenvalue weighted by Crippen LogP contribution is -2.55. The van der Waals surface area contributed by atoms with Crippen LogP contribution in [0.2, 0.25) is 0 Å². The number of nitrogens with zero attached hydrogens (tertiary/aromatic N) is 1. The Hall–Kier alpha value is -3.00. The van der Waals surface area contributed by atoms with Crippen LogP contribution in [0.3, 0.4) is 0 Å². The monoisotopic (exact) mass is 658 g/mol. The highest BCUT2D eigenvalue weighted by atomic mass is 16.7. The predicted octanol–water partition coefficient (Wildman–Crippen LogP) is 2.69. The summed E-state index contributed by atoms with van der Waals surface area (Å²) >= 11 is 0. The standard InChI is InChI=1S/C35H50N2O10/c1-20(2)25-10-8-21(3)26-15-29(46-30(40)11-9-24-16-37(6)19-36-24)34(5)12-13-35(42-7,47-34)23(14-27(25)26)17-43-33-32(45-22(4)38)31(41)28(39)18-44-33/h8-9,11-14,16,20,25-29,31-33,36,39,41H,10,15,17-19H2,1-7H3/b11-9-,23-14-/t25-,26+,27-,28-,29+,31-,32+,33-,34+,35-/m1/s1. The van der Waals surface area contributed by atoms with E-state index in [0.29, 0.717) is 24.6 Å². The zero-order valence-corrected chi connectivity index (χ0v) is 28.4. The molecule has 3 N–H and O–H groups in total. The first-order valence-electron chi connectivity index (χ1n) is 16.4. The van der Waals surface area contributed by atoms with Crippen LogP contribution in [-0.2, 0) is 38.0 Å². The second-order valence-corrected chi connectivity index (χ2v) is 13.8. The van der Waals surface area contributed by atoms with E-state index in [4.69, 9.17) is 28.4 Å². The maximum Gasteiger partial charge on any atom is 0.331 e. The Morgan fingerprint density at radius 3 is 2.66 bits per heavy atom. The molecule has 4 aliphatic heterocycles. The van der Waals surface area contributed by atoms with Gasteiger partial charge in [0.2, 0.25) is 5.79 Å². The van der Waals surface area contributed by atoms with Gasteiger partial charge in [-0.15, -0.1) is 0 Å². The number of aliphatic hydroxyl groups is 2. The van der Waals surface area contributed by atoms with Crippen molar-refractivity contribution in [2.45, 2.75) is 89.6 Å². The molecule has 0 spiro atoms. The lowest BCUT2D eigenvalue weighted by atomic mass is 9.65. The molecule has 0 saturated carbocycles. The van der Waals surface area contributed by atoms with E-state index in [0.717, 1.165) is 12.1 Å². The molecule has 0 aromatic carbocycles. The van der Waals surface area contributed by atoms with Gasteiger partial charge in [0.05, 0.1) is 25.6 Å². The van der Waals surface area contributed by atoms with Crippen molar-refractivity contribution in [3.05, 3.63) is 59.5 Å². The summed E-state index contributed by atoms with van der Waals surface area (Å²) in [7, 11) is 3.49. The quantitative estimate of drug-likeness (QED) is 0.190. The molecule has 0 radical (unpaired) electrons. The molecular formula is C35H50N2O10. The summed E-state index contributed by atoms with van der Waals surface area (Å²) in [6.45, 7) is 10.1. The molecule has 1 saturated heterocycles. The third-order valence-electron chi connectivity index (χ3n) is 10.1. The molecule has 12 nitrogen and oxygen atoms in total. The highest BCUT2D eigenvalue weighted by Crippen LogP contribution is 2.49. The number of esters is 2. The molecule has 10 atom stereocenters. The van der Waals surface area contributed by atoms with Gasteiger partial charge in [0, 0.05) is 38.9 Å². The first-order chi connectivity index (χ1) is 22.2. The van der Waals surface area contributed by atoms with Crippen LogP contribution in [-0.4, -0.2) is 103 Å². The minimum Gasteiger partial charge on any atom is -0.456 e. The van der Waals surface area contributed by atoms with Gasteiger partial charge in [-0.2, -0.15) is 0 Å². The number of fused-ring (bicyclic) bond motifs is 3. The molecule has 12 heteroatoms. The second-order valence-electron chi connectivity index (χ2n) is 13.8. The number of hydrogen-bond acceptors (Lipinski definition) is 12. The Labute approximate surface area is 277 Å².